The van der Waals surface area contributed by atoms with Crippen LogP contribution in [0.25, 0.3) is 0 Å². The number of fused-ring (bicyclic) bond motifs is 1. The van der Waals surface area contributed by atoms with Gasteiger partial charge in [-0.1, -0.05) is 6.92 Å². The van der Waals surface area contributed by atoms with Gasteiger partial charge in [0.15, 0.2) is 0 Å². The Balaban J connectivity index is 1.89. The molecule has 0 unspecified atom stereocenters. The molecule has 1 aromatic carbocycles. The molecule has 6 nitrogen and oxygen atoms in total. The normalized spacial score (nSPS) is 13.7. The molecule has 1 aliphatic rings. The zero-order chi connectivity index (χ0) is 16.6. The number of phenols is 2. The SMILES string of the molecule is CCc1cc(C(=O)N2CCc3nc(C)ncc3C2)c(O)cc1O. The van der Waals surface area contributed by atoms with Crippen molar-refractivity contribution >= 4 is 5.91 Å². The maximum atomic E-state index is 12.7. The van der Waals surface area contributed by atoms with E-state index >= 15 is 0 Å². The van der Waals surface area contributed by atoms with E-state index in [0.717, 1.165) is 17.1 Å². The molecule has 23 heavy (non-hydrogen) atoms. The van der Waals surface area contributed by atoms with E-state index in [1.165, 1.54) is 6.07 Å². The summed E-state index contributed by atoms with van der Waals surface area (Å²) in [7, 11) is 0. The lowest BCUT2D eigenvalue weighted by Crippen LogP contribution is -2.36. The summed E-state index contributed by atoms with van der Waals surface area (Å²) in [6.07, 6.45) is 3.01. The van der Waals surface area contributed by atoms with Crippen molar-refractivity contribution in [3.05, 3.63) is 46.5 Å². The number of benzene rings is 1. The number of aryl methyl sites for hydroxylation is 2. The minimum atomic E-state index is -0.247. The zero-order valence-electron chi connectivity index (χ0n) is 13.2. The van der Waals surface area contributed by atoms with Gasteiger partial charge in [0.1, 0.15) is 17.3 Å². The van der Waals surface area contributed by atoms with Crippen LogP contribution in [0.3, 0.4) is 0 Å². The lowest BCUT2D eigenvalue weighted by Gasteiger charge is -2.28. The number of carbonyl (C=O) groups excluding carboxylic acids is 1. The number of carbonyl (C=O) groups is 1. The van der Waals surface area contributed by atoms with Gasteiger partial charge in [-0.25, -0.2) is 9.97 Å². The molecule has 2 aromatic rings. The monoisotopic (exact) mass is 313 g/mol. The third kappa shape index (κ3) is 2.84. The van der Waals surface area contributed by atoms with Gasteiger partial charge in [-0.2, -0.15) is 0 Å². The second-order valence-electron chi connectivity index (χ2n) is 5.72. The van der Waals surface area contributed by atoms with Crippen LogP contribution in [0, 0.1) is 6.92 Å². The standard InChI is InChI=1S/C17H19N3O3/c1-3-11-6-13(16(22)7-15(11)21)17(23)20-5-4-14-12(9-20)8-18-10(2)19-14/h6-8,21-22H,3-5,9H2,1-2H3. The first-order valence-corrected chi connectivity index (χ1v) is 7.65. The Morgan fingerprint density at radius 3 is 2.83 bits per heavy atom. The van der Waals surface area contributed by atoms with Crippen molar-refractivity contribution < 1.29 is 15.0 Å². The van der Waals surface area contributed by atoms with Crippen LogP contribution < -0.4 is 0 Å². The Morgan fingerprint density at radius 2 is 2.09 bits per heavy atom. The molecule has 2 heterocycles. The predicted molar refractivity (Wildman–Crippen MR) is 84.4 cm³/mol. The van der Waals surface area contributed by atoms with E-state index in [-0.39, 0.29) is 23.0 Å². The lowest BCUT2D eigenvalue weighted by atomic mass is 10.0. The molecule has 3 rings (SSSR count). The summed E-state index contributed by atoms with van der Waals surface area (Å²) in [5, 5.41) is 19.8. The first kappa shape index (κ1) is 15.3. The number of aromatic hydroxyl groups is 2. The molecular weight excluding hydrogens is 294 g/mol. The van der Waals surface area contributed by atoms with Gasteiger partial charge >= 0.3 is 0 Å². The van der Waals surface area contributed by atoms with E-state index in [0.29, 0.717) is 31.5 Å². The summed E-state index contributed by atoms with van der Waals surface area (Å²) in [4.78, 5) is 23.0. The fraction of sp³-hybridized carbons (Fsp3) is 0.353. The third-order valence-corrected chi connectivity index (χ3v) is 4.15. The first-order chi connectivity index (χ1) is 11.0. The first-order valence-electron chi connectivity index (χ1n) is 7.65. The Bertz CT molecular complexity index is 774. The number of hydrogen-bond donors (Lipinski definition) is 2. The van der Waals surface area contributed by atoms with Gasteiger partial charge in [-0.3, -0.25) is 4.79 Å². The van der Waals surface area contributed by atoms with E-state index in [1.807, 2.05) is 13.8 Å². The van der Waals surface area contributed by atoms with E-state index in [9.17, 15) is 15.0 Å². The number of nitrogens with zero attached hydrogens (tertiary/aromatic N) is 3. The van der Waals surface area contributed by atoms with Crippen LogP contribution in [0.4, 0.5) is 0 Å². The second-order valence-corrected chi connectivity index (χ2v) is 5.72. The average Bonchev–Trinajstić information content (AvgIpc) is 2.54. The molecule has 0 aliphatic carbocycles. The molecule has 0 saturated carbocycles. The molecule has 1 aliphatic heterocycles. The van der Waals surface area contributed by atoms with Crippen molar-refractivity contribution in [2.24, 2.45) is 0 Å². The minimum Gasteiger partial charge on any atom is -0.508 e. The van der Waals surface area contributed by atoms with Crippen LogP contribution in [0.15, 0.2) is 18.3 Å². The Kier molecular flexibility index (Phi) is 3.90. The molecule has 120 valence electrons. The van der Waals surface area contributed by atoms with Crippen LogP contribution in [-0.4, -0.2) is 37.5 Å². The Morgan fingerprint density at radius 1 is 1.30 bits per heavy atom. The van der Waals surface area contributed by atoms with Gasteiger partial charge in [0.2, 0.25) is 0 Å². The maximum Gasteiger partial charge on any atom is 0.257 e. The maximum absolute atomic E-state index is 12.7. The third-order valence-electron chi connectivity index (χ3n) is 4.15. The van der Waals surface area contributed by atoms with Crippen LogP contribution >= 0.6 is 0 Å². The summed E-state index contributed by atoms with van der Waals surface area (Å²) in [6, 6.07) is 2.80. The van der Waals surface area contributed by atoms with Gasteiger partial charge in [-0.15, -0.1) is 0 Å². The van der Waals surface area contributed by atoms with Gasteiger partial charge in [0.05, 0.1) is 11.3 Å². The summed E-state index contributed by atoms with van der Waals surface area (Å²) in [5.74, 6) is 0.292. The molecule has 1 amide bonds. The van der Waals surface area contributed by atoms with Crippen LogP contribution in [-0.2, 0) is 19.4 Å². The highest BCUT2D eigenvalue weighted by Gasteiger charge is 2.25. The summed E-state index contributed by atoms with van der Waals surface area (Å²) in [5.41, 5.74) is 2.77. The molecule has 0 radical (unpaired) electrons. The molecule has 0 atom stereocenters. The Hall–Kier alpha value is -2.63. The lowest BCUT2D eigenvalue weighted by molar-refractivity contribution is 0.0730. The average molecular weight is 313 g/mol. The fourth-order valence-electron chi connectivity index (χ4n) is 2.84. The van der Waals surface area contributed by atoms with Crippen molar-refractivity contribution in [1.82, 2.24) is 14.9 Å². The summed E-state index contributed by atoms with van der Waals surface area (Å²) < 4.78 is 0. The van der Waals surface area contributed by atoms with Crippen molar-refractivity contribution in [3.63, 3.8) is 0 Å². The second kappa shape index (κ2) is 5.87. The van der Waals surface area contributed by atoms with Crippen molar-refractivity contribution in [2.45, 2.75) is 33.2 Å². The zero-order valence-corrected chi connectivity index (χ0v) is 13.2. The molecule has 1 aromatic heterocycles. The van der Waals surface area contributed by atoms with Crippen molar-refractivity contribution in [3.8, 4) is 11.5 Å². The van der Waals surface area contributed by atoms with E-state index in [4.69, 9.17) is 0 Å². The minimum absolute atomic E-state index is 0.00872. The highest BCUT2D eigenvalue weighted by Crippen LogP contribution is 2.30. The Labute approximate surface area is 134 Å². The number of aromatic nitrogens is 2. The number of phenolic OH excluding ortho intramolecular Hbond substituents is 2. The van der Waals surface area contributed by atoms with Gasteiger partial charge < -0.3 is 15.1 Å². The largest absolute Gasteiger partial charge is 0.508 e. The quantitative estimate of drug-likeness (QED) is 0.885. The summed E-state index contributed by atoms with van der Waals surface area (Å²) >= 11 is 0. The van der Waals surface area contributed by atoms with Crippen molar-refractivity contribution in [2.75, 3.05) is 6.54 Å². The molecule has 6 heteroatoms. The van der Waals surface area contributed by atoms with Gasteiger partial charge in [-0.05, 0) is 25.0 Å². The highest BCUT2D eigenvalue weighted by atomic mass is 16.3. The number of rotatable bonds is 2. The number of hydrogen-bond acceptors (Lipinski definition) is 5. The summed E-state index contributed by atoms with van der Waals surface area (Å²) in [6.45, 7) is 4.70. The molecule has 0 fully saturated rings. The van der Waals surface area contributed by atoms with E-state index in [1.54, 1.807) is 17.2 Å². The van der Waals surface area contributed by atoms with Crippen molar-refractivity contribution in [1.29, 1.82) is 0 Å². The molecule has 0 bridgehead atoms. The molecular formula is C17H19N3O3. The predicted octanol–water partition coefficient (Wildman–Crippen LogP) is 1.96. The van der Waals surface area contributed by atoms with Crippen LogP contribution in [0.5, 0.6) is 11.5 Å². The van der Waals surface area contributed by atoms with Crippen LogP contribution in [0.2, 0.25) is 0 Å². The van der Waals surface area contributed by atoms with E-state index < -0.39 is 0 Å². The van der Waals surface area contributed by atoms with Crippen LogP contribution in [0.1, 0.15) is 39.9 Å². The van der Waals surface area contributed by atoms with Gasteiger partial charge in [0, 0.05) is 37.3 Å². The highest BCUT2D eigenvalue weighted by molar-refractivity contribution is 5.97. The fourth-order valence-corrected chi connectivity index (χ4v) is 2.84. The van der Waals surface area contributed by atoms with E-state index in [2.05, 4.69) is 9.97 Å². The molecule has 2 N–H and O–H groups in total. The smallest absolute Gasteiger partial charge is 0.257 e. The number of amides is 1. The molecule has 0 spiro atoms. The van der Waals surface area contributed by atoms with Gasteiger partial charge in [0.25, 0.3) is 5.91 Å². The topological polar surface area (TPSA) is 86.6 Å². The molecule has 0 saturated heterocycles.